The molecule has 4 nitrogen and oxygen atoms in total. The van der Waals surface area contributed by atoms with Crippen LogP contribution < -0.4 is 4.74 Å². The van der Waals surface area contributed by atoms with Gasteiger partial charge in [-0.15, -0.1) is 0 Å². The lowest BCUT2D eigenvalue weighted by atomic mass is 9.73. The molecule has 1 saturated heterocycles. The number of benzene rings is 1. The first-order chi connectivity index (χ1) is 10.1. The van der Waals surface area contributed by atoms with Crippen LogP contribution in [0.5, 0.6) is 5.75 Å². The van der Waals surface area contributed by atoms with E-state index in [0.29, 0.717) is 15.8 Å². The van der Waals surface area contributed by atoms with Crippen LogP contribution >= 0.6 is 47.8 Å². The highest BCUT2D eigenvalue weighted by Gasteiger charge is 2.59. The number of alkyl halides is 2. The van der Waals surface area contributed by atoms with Gasteiger partial charge in [-0.3, -0.25) is 9.59 Å². The fourth-order valence-electron chi connectivity index (χ4n) is 2.75. The van der Waals surface area contributed by atoms with Crippen molar-refractivity contribution >= 4 is 59.5 Å². The highest BCUT2D eigenvalue weighted by molar-refractivity contribution is 9.25. The predicted molar refractivity (Wildman–Crippen MR) is 93.8 cm³/mol. The van der Waals surface area contributed by atoms with E-state index in [0.717, 1.165) is 0 Å². The molecule has 1 aliphatic rings. The average molecular weight is 499 g/mol. The number of hydrogen-bond acceptors (Lipinski definition) is 4. The topological polar surface area (TPSA) is 52.6 Å². The van der Waals surface area contributed by atoms with Gasteiger partial charge in [0.15, 0.2) is 11.2 Å². The van der Waals surface area contributed by atoms with Crippen LogP contribution in [-0.2, 0) is 19.7 Å². The number of ketones is 1. The van der Waals surface area contributed by atoms with Crippen LogP contribution in [0.4, 0.5) is 0 Å². The monoisotopic (exact) mass is 496 g/mol. The summed E-state index contributed by atoms with van der Waals surface area (Å²) < 4.78 is 10.7. The first-order valence-corrected chi connectivity index (χ1v) is 9.16. The summed E-state index contributed by atoms with van der Waals surface area (Å²) in [5.41, 5.74) is -1.45. The van der Waals surface area contributed by atoms with Gasteiger partial charge in [0.2, 0.25) is 0 Å². The third kappa shape index (κ3) is 2.99. The summed E-state index contributed by atoms with van der Waals surface area (Å²) in [5.74, 6) is -0.171. The smallest absolute Gasteiger partial charge is 0.324 e. The maximum atomic E-state index is 12.8. The Kier molecular flexibility index (Phi) is 5.09. The Hall–Kier alpha value is -0.400. The van der Waals surface area contributed by atoms with Crippen molar-refractivity contribution in [2.75, 3.05) is 7.11 Å². The molecule has 0 radical (unpaired) electrons. The van der Waals surface area contributed by atoms with Gasteiger partial charge < -0.3 is 9.47 Å². The molecule has 22 heavy (non-hydrogen) atoms. The first kappa shape index (κ1) is 17.9. The molecule has 1 atom stereocenters. The lowest BCUT2D eigenvalue weighted by Crippen LogP contribution is -2.43. The number of carbonyl (C=O) groups is 2. The quantitative estimate of drug-likeness (QED) is 0.356. The lowest BCUT2D eigenvalue weighted by molar-refractivity contribution is -0.151. The van der Waals surface area contributed by atoms with Crippen LogP contribution in [0.1, 0.15) is 25.8 Å². The Balaban J connectivity index is 2.63. The third-order valence-electron chi connectivity index (χ3n) is 3.67. The number of cyclic esters (lactones) is 1. The Labute approximate surface area is 154 Å². The minimum Gasteiger partial charge on any atom is -0.496 e. The van der Waals surface area contributed by atoms with E-state index in [1.165, 1.54) is 0 Å². The summed E-state index contributed by atoms with van der Waals surface area (Å²) in [6.07, 6.45) is 0.282. The molecule has 0 amide bonds. The van der Waals surface area contributed by atoms with Crippen molar-refractivity contribution in [3.8, 4) is 5.75 Å². The molecule has 120 valence electrons. The number of ether oxygens (including phenoxy) is 2. The first-order valence-electron chi connectivity index (χ1n) is 6.54. The maximum Gasteiger partial charge on any atom is 0.324 e. The van der Waals surface area contributed by atoms with Crippen molar-refractivity contribution in [1.82, 2.24) is 0 Å². The van der Waals surface area contributed by atoms with E-state index in [9.17, 15) is 9.59 Å². The van der Waals surface area contributed by atoms with Crippen molar-refractivity contribution in [1.29, 1.82) is 0 Å². The molecule has 1 aromatic rings. The van der Waals surface area contributed by atoms with E-state index < -0.39 is 20.7 Å². The van der Waals surface area contributed by atoms with Crippen molar-refractivity contribution < 1.29 is 19.1 Å². The molecule has 0 N–H and O–H groups in total. The molecule has 1 heterocycles. The molecular formula is C15H15Br3O4. The van der Waals surface area contributed by atoms with Gasteiger partial charge in [-0.05, 0) is 47.5 Å². The Morgan fingerprint density at radius 3 is 2.41 bits per heavy atom. The fraction of sp³-hybridized carbons (Fsp3) is 0.467. The summed E-state index contributed by atoms with van der Waals surface area (Å²) in [7, 11) is 1.56. The zero-order valence-corrected chi connectivity index (χ0v) is 17.0. The number of rotatable bonds is 4. The molecule has 0 saturated carbocycles. The maximum absolute atomic E-state index is 12.8. The summed E-state index contributed by atoms with van der Waals surface area (Å²) >= 11 is 9.84. The number of methoxy groups -OCH3 is 1. The van der Waals surface area contributed by atoms with Gasteiger partial charge in [-0.25, -0.2) is 0 Å². The van der Waals surface area contributed by atoms with Gasteiger partial charge in [0.05, 0.1) is 11.6 Å². The third-order valence-corrected chi connectivity index (χ3v) is 5.12. The molecule has 2 rings (SSSR count). The average Bonchev–Trinajstić information content (AvgIpc) is 2.68. The van der Waals surface area contributed by atoms with Crippen molar-refractivity contribution in [2.24, 2.45) is 0 Å². The summed E-state index contributed by atoms with van der Waals surface area (Å²) in [6, 6.07) is 5.19. The largest absolute Gasteiger partial charge is 0.496 e. The SMILES string of the molecule is COc1ccc([C@@]2(C(=O)C(Br)Br)CC(C)(C)OC2=O)cc1Br. The molecule has 0 unspecified atom stereocenters. The van der Waals surface area contributed by atoms with Crippen LogP contribution in [0.15, 0.2) is 22.7 Å². The summed E-state index contributed by atoms with van der Waals surface area (Å²) in [4.78, 5) is 25.4. The molecule has 0 spiro atoms. The second kappa shape index (κ2) is 6.24. The van der Waals surface area contributed by atoms with Gasteiger partial charge in [-0.1, -0.05) is 37.9 Å². The van der Waals surface area contributed by atoms with Crippen LogP contribution in [0.3, 0.4) is 0 Å². The number of carbonyl (C=O) groups excluding carboxylic acids is 2. The van der Waals surface area contributed by atoms with E-state index in [1.807, 2.05) is 0 Å². The van der Waals surface area contributed by atoms with Crippen molar-refractivity contribution in [2.45, 2.75) is 35.0 Å². The van der Waals surface area contributed by atoms with Gasteiger partial charge in [0.1, 0.15) is 15.1 Å². The van der Waals surface area contributed by atoms with E-state index in [-0.39, 0.29) is 12.2 Å². The standard InChI is InChI=1S/C15H15Br3O4/c1-14(2)7-15(13(20)22-14,11(19)12(17)18)8-4-5-10(21-3)9(16)6-8/h4-6,12H,7H2,1-3H3/t15-/m1/s1. The van der Waals surface area contributed by atoms with Gasteiger partial charge in [0.25, 0.3) is 0 Å². The Bertz CT molecular complexity index is 627. The van der Waals surface area contributed by atoms with E-state index >= 15 is 0 Å². The van der Waals surface area contributed by atoms with E-state index in [1.54, 1.807) is 39.2 Å². The Morgan fingerprint density at radius 2 is 2.00 bits per heavy atom. The zero-order valence-electron chi connectivity index (χ0n) is 12.3. The number of Topliss-reactive ketones (excluding diaryl/α,β-unsaturated/α-hetero) is 1. The van der Waals surface area contributed by atoms with Crippen LogP contribution in [0.2, 0.25) is 0 Å². The zero-order chi connectivity index (χ0) is 16.7. The van der Waals surface area contributed by atoms with Crippen LogP contribution in [0, 0.1) is 0 Å². The van der Waals surface area contributed by atoms with Crippen molar-refractivity contribution in [3.63, 3.8) is 0 Å². The minimum atomic E-state index is -1.34. The van der Waals surface area contributed by atoms with E-state index in [2.05, 4.69) is 47.8 Å². The number of esters is 1. The normalized spacial score (nSPS) is 23.5. The molecule has 7 heteroatoms. The van der Waals surface area contributed by atoms with Crippen molar-refractivity contribution in [3.05, 3.63) is 28.2 Å². The van der Waals surface area contributed by atoms with Crippen LogP contribution in [0.25, 0.3) is 0 Å². The lowest BCUT2D eigenvalue weighted by Gasteiger charge is -2.26. The summed E-state index contributed by atoms with van der Waals surface area (Å²) in [5, 5.41) is 0. The van der Waals surface area contributed by atoms with E-state index in [4.69, 9.17) is 9.47 Å². The molecule has 0 aromatic heterocycles. The number of halogens is 3. The molecule has 0 bridgehead atoms. The van der Waals surface area contributed by atoms with Gasteiger partial charge in [-0.2, -0.15) is 0 Å². The summed E-state index contributed by atoms with van der Waals surface area (Å²) in [6.45, 7) is 3.60. The molecular weight excluding hydrogens is 484 g/mol. The highest BCUT2D eigenvalue weighted by atomic mass is 79.9. The Morgan fingerprint density at radius 1 is 1.36 bits per heavy atom. The molecule has 1 aliphatic heterocycles. The highest BCUT2D eigenvalue weighted by Crippen LogP contribution is 2.46. The molecule has 1 aromatic carbocycles. The van der Waals surface area contributed by atoms with Crippen LogP contribution in [-0.4, -0.2) is 28.2 Å². The molecule has 1 fully saturated rings. The minimum absolute atomic E-state index is 0.278. The van der Waals surface area contributed by atoms with Gasteiger partial charge >= 0.3 is 5.97 Å². The predicted octanol–water partition coefficient (Wildman–Crippen LogP) is 4.11. The second-order valence-electron chi connectivity index (χ2n) is 5.75. The number of hydrogen-bond donors (Lipinski definition) is 0. The van der Waals surface area contributed by atoms with Gasteiger partial charge in [0, 0.05) is 6.42 Å². The molecule has 0 aliphatic carbocycles. The fourth-order valence-corrected chi connectivity index (χ4v) is 4.08. The second-order valence-corrected chi connectivity index (χ2v) is 9.66.